The zero-order valence-corrected chi connectivity index (χ0v) is 11.1. The highest BCUT2D eigenvalue weighted by atomic mass is 32.2. The first kappa shape index (κ1) is 13.9. The molecule has 0 heterocycles. The van der Waals surface area contributed by atoms with Crippen LogP contribution in [0.5, 0.6) is 0 Å². The van der Waals surface area contributed by atoms with Gasteiger partial charge in [-0.25, -0.2) is 8.42 Å². The molecule has 0 aliphatic heterocycles. The van der Waals surface area contributed by atoms with E-state index in [0.29, 0.717) is 18.7 Å². The summed E-state index contributed by atoms with van der Waals surface area (Å²) in [4.78, 5) is 0. The fourth-order valence-electron chi connectivity index (χ4n) is 2.07. The van der Waals surface area contributed by atoms with Crippen LogP contribution in [0.1, 0.15) is 32.6 Å². The fraction of sp³-hybridized carbons (Fsp3) is 1.00. The molecule has 4 nitrogen and oxygen atoms in total. The second-order valence-corrected chi connectivity index (χ2v) is 6.87. The minimum atomic E-state index is -2.82. The van der Waals surface area contributed by atoms with Crippen molar-refractivity contribution < 1.29 is 13.2 Å². The molecule has 16 heavy (non-hydrogen) atoms. The highest BCUT2D eigenvalue weighted by Gasteiger charge is 2.20. The maximum absolute atomic E-state index is 11.3. The number of sulfone groups is 1. The van der Waals surface area contributed by atoms with Gasteiger partial charge in [0.15, 0.2) is 9.84 Å². The van der Waals surface area contributed by atoms with Crippen molar-refractivity contribution in [3.8, 4) is 0 Å². The summed E-state index contributed by atoms with van der Waals surface area (Å²) in [5.41, 5.74) is 0. The summed E-state index contributed by atoms with van der Waals surface area (Å²) < 4.78 is 27.9. The van der Waals surface area contributed by atoms with Gasteiger partial charge in [0.1, 0.15) is 0 Å². The monoisotopic (exact) mass is 249 g/mol. The predicted octanol–water partition coefficient (Wildman–Crippen LogP) is 0.968. The van der Waals surface area contributed by atoms with Gasteiger partial charge in [-0.05, 0) is 25.7 Å². The molecule has 0 aromatic heterocycles. The molecule has 1 fully saturated rings. The van der Waals surface area contributed by atoms with Crippen LogP contribution in [0.4, 0.5) is 0 Å². The zero-order chi connectivity index (χ0) is 12.0. The molecule has 1 saturated carbocycles. The van der Waals surface area contributed by atoms with E-state index in [2.05, 4.69) is 5.32 Å². The lowest BCUT2D eigenvalue weighted by Crippen LogP contribution is -2.37. The van der Waals surface area contributed by atoms with E-state index in [4.69, 9.17) is 4.74 Å². The molecule has 0 aromatic rings. The van der Waals surface area contributed by atoms with Gasteiger partial charge in [-0.3, -0.25) is 0 Å². The fourth-order valence-corrected chi connectivity index (χ4v) is 2.78. The van der Waals surface area contributed by atoms with Crippen LogP contribution in [0.3, 0.4) is 0 Å². The van der Waals surface area contributed by atoms with Crippen LogP contribution in [0.2, 0.25) is 0 Å². The second-order valence-electron chi connectivity index (χ2n) is 4.40. The first-order valence-electron chi connectivity index (χ1n) is 6.04. The Bertz CT molecular complexity index is 282. The van der Waals surface area contributed by atoms with Crippen LogP contribution >= 0.6 is 0 Å². The molecule has 0 bridgehead atoms. The van der Waals surface area contributed by atoms with Crippen LogP contribution in [0.15, 0.2) is 0 Å². The van der Waals surface area contributed by atoms with Gasteiger partial charge >= 0.3 is 0 Å². The van der Waals surface area contributed by atoms with E-state index in [1.807, 2.05) is 0 Å². The summed E-state index contributed by atoms with van der Waals surface area (Å²) in [5.74, 6) is 0.499. The molecular weight excluding hydrogens is 226 g/mol. The van der Waals surface area contributed by atoms with Crippen LogP contribution in [0.25, 0.3) is 0 Å². The summed E-state index contributed by atoms with van der Waals surface area (Å²) in [6, 6.07) is 0.471. The van der Waals surface area contributed by atoms with E-state index in [1.54, 1.807) is 14.0 Å². The lowest BCUT2D eigenvalue weighted by atomic mass is 9.93. The second kappa shape index (κ2) is 6.57. The maximum atomic E-state index is 11.3. The first-order chi connectivity index (χ1) is 7.57. The van der Waals surface area contributed by atoms with E-state index in [0.717, 1.165) is 25.7 Å². The van der Waals surface area contributed by atoms with Gasteiger partial charge in [0.25, 0.3) is 0 Å². The Labute approximate surface area is 98.7 Å². The van der Waals surface area contributed by atoms with Crippen LogP contribution in [0, 0.1) is 0 Å². The molecule has 0 unspecified atom stereocenters. The van der Waals surface area contributed by atoms with E-state index < -0.39 is 9.84 Å². The minimum absolute atomic E-state index is 0.241. The maximum Gasteiger partial charge on any atom is 0.151 e. The summed E-state index contributed by atoms with van der Waals surface area (Å²) in [7, 11) is -1.07. The quantitative estimate of drug-likeness (QED) is 0.762. The van der Waals surface area contributed by atoms with E-state index >= 15 is 0 Å². The standard InChI is InChI=1S/C11H23NO3S/c1-3-16(13,14)9-8-12-10-4-6-11(15-2)7-5-10/h10-12H,3-9H2,1-2H3. The lowest BCUT2D eigenvalue weighted by Gasteiger charge is -2.28. The average molecular weight is 249 g/mol. The molecule has 0 radical (unpaired) electrons. The van der Waals surface area contributed by atoms with Gasteiger partial charge in [-0.2, -0.15) is 0 Å². The van der Waals surface area contributed by atoms with Crippen molar-refractivity contribution >= 4 is 9.84 Å². The van der Waals surface area contributed by atoms with Crippen molar-refractivity contribution in [2.75, 3.05) is 25.2 Å². The smallest absolute Gasteiger partial charge is 0.151 e. The predicted molar refractivity (Wildman–Crippen MR) is 65.4 cm³/mol. The Balaban J connectivity index is 2.16. The highest BCUT2D eigenvalue weighted by molar-refractivity contribution is 7.91. The molecule has 0 aromatic carbocycles. The number of methoxy groups -OCH3 is 1. The third-order valence-corrected chi connectivity index (χ3v) is 5.00. The Morgan fingerprint density at radius 2 is 1.88 bits per heavy atom. The summed E-state index contributed by atoms with van der Waals surface area (Å²) in [6.07, 6.45) is 4.73. The van der Waals surface area contributed by atoms with Gasteiger partial charge in [-0.15, -0.1) is 0 Å². The van der Waals surface area contributed by atoms with Crippen molar-refractivity contribution in [1.82, 2.24) is 5.32 Å². The SMILES string of the molecule is CCS(=O)(=O)CCNC1CCC(OC)CC1. The Morgan fingerprint density at radius 1 is 1.25 bits per heavy atom. The van der Waals surface area contributed by atoms with Crippen molar-refractivity contribution in [2.45, 2.75) is 44.8 Å². The van der Waals surface area contributed by atoms with Gasteiger partial charge in [-0.1, -0.05) is 6.92 Å². The number of rotatable bonds is 6. The normalized spacial score (nSPS) is 26.9. The van der Waals surface area contributed by atoms with Crippen LogP contribution < -0.4 is 5.32 Å². The lowest BCUT2D eigenvalue weighted by molar-refractivity contribution is 0.0628. The number of nitrogens with one attached hydrogen (secondary N) is 1. The molecule has 5 heteroatoms. The minimum Gasteiger partial charge on any atom is -0.381 e. The third kappa shape index (κ3) is 4.80. The van der Waals surface area contributed by atoms with E-state index in [-0.39, 0.29) is 11.5 Å². The van der Waals surface area contributed by atoms with Crippen molar-refractivity contribution in [3.63, 3.8) is 0 Å². The topological polar surface area (TPSA) is 55.4 Å². The summed E-state index contributed by atoms with van der Waals surface area (Å²) >= 11 is 0. The average Bonchev–Trinajstić information content (AvgIpc) is 2.30. The number of ether oxygens (including phenoxy) is 1. The first-order valence-corrected chi connectivity index (χ1v) is 7.86. The van der Waals surface area contributed by atoms with Crippen molar-refractivity contribution in [1.29, 1.82) is 0 Å². The summed E-state index contributed by atoms with van der Waals surface area (Å²) in [5, 5.41) is 3.32. The van der Waals surface area contributed by atoms with Crippen LogP contribution in [-0.4, -0.2) is 45.7 Å². The Hall–Kier alpha value is -0.130. The third-order valence-electron chi connectivity index (χ3n) is 3.29. The van der Waals surface area contributed by atoms with Crippen molar-refractivity contribution in [3.05, 3.63) is 0 Å². The van der Waals surface area contributed by atoms with Crippen LogP contribution in [-0.2, 0) is 14.6 Å². The van der Waals surface area contributed by atoms with Gasteiger partial charge in [0.05, 0.1) is 11.9 Å². The van der Waals surface area contributed by atoms with E-state index in [1.165, 1.54) is 0 Å². The van der Waals surface area contributed by atoms with E-state index in [9.17, 15) is 8.42 Å². The van der Waals surface area contributed by atoms with Gasteiger partial charge in [0, 0.05) is 25.4 Å². The molecule has 1 aliphatic rings. The molecule has 1 aliphatic carbocycles. The Kier molecular flexibility index (Phi) is 5.72. The highest BCUT2D eigenvalue weighted by Crippen LogP contribution is 2.20. The molecule has 0 spiro atoms. The molecule has 1 rings (SSSR count). The molecule has 1 N–H and O–H groups in total. The number of hydrogen-bond acceptors (Lipinski definition) is 4. The summed E-state index contributed by atoms with van der Waals surface area (Å²) in [6.45, 7) is 2.28. The zero-order valence-electron chi connectivity index (χ0n) is 10.2. The van der Waals surface area contributed by atoms with Gasteiger partial charge < -0.3 is 10.1 Å². The molecule has 0 atom stereocenters. The molecule has 0 saturated heterocycles. The van der Waals surface area contributed by atoms with Gasteiger partial charge in [0.2, 0.25) is 0 Å². The molecular formula is C11H23NO3S. The number of hydrogen-bond donors (Lipinski definition) is 1. The molecule has 96 valence electrons. The largest absolute Gasteiger partial charge is 0.381 e. The molecule has 0 amide bonds. The van der Waals surface area contributed by atoms with Crippen molar-refractivity contribution in [2.24, 2.45) is 0 Å². The Morgan fingerprint density at radius 3 is 2.38 bits per heavy atom.